The number of benzene rings is 1. The Labute approximate surface area is 152 Å². The van der Waals surface area contributed by atoms with Crippen LogP contribution in [0.25, 0.3) is 0 Å². The van der Waals surface area contributed by atoms with Crippen LogP contribution in [0.2, 0.25) is 0 Å². The minimum atomic E-state index is -0.626. The molecule has 2 unspecified atom stereocenters. The van der Waals surface area contributed by atoms with E-state index in [-0.39, 0.29) is 5.92 Å². The third-order valence-electron chi connectivity index (χ3n) is 5.18. The van der Waals surface area contributed by atoms with Gasteiger partial charge < -0.3 is 10.0 Å². The smallest absolute Gasteiger partial charge is 0.308 e. The van der Waals surface area contributed by atoms with Gasteiger partial charge >= 0.3 is 5.97 Å². The molecular formula is C21H32N2O2. The van der Waals surface area contributed by atoms with Gasteiger partial charge in [-0.2, -0.15) is 0 Å². The van der Waals surface area contributed by atoms with E-state index in [1.807, 2.05) is 18.2 Å². The summed E-state index contributed by atoms with van der Waals surface area (Å²) in [4.78, 5) is 18.5. The van der Waals surface area contributed by atoms with Gasteiger partial charge in [-0.05, 0) is 31.2 Å². The van der Waals surface area contributed by atoms with Gasteiger partial charge in [0, 0.05) is 25.3 Å². The van der Waals surface area contributed by atoms with E-state index in [0.29, 0.717) is 12.5 Å². The first-order valence-electron chi connectivity index (χ1n) is 9.59. The molecule has 138 valence electrons. The maximum atomic E-state index is 11.5. The molecule has 1 fully saturated rings. The molecule has 0 aromatic heterocycles. The molecular weight excluding hydrogens is 312 g/mol. The number of carbonyl (C=O) groups is 1. The van der Waals surface area contributed by atoms with Crippen molar-refractivity contribution in [1.29, 1.82) is 0 Å². The second kappa shape index (κ2) is 10.3. The second-order valence-electron chi connectivity index (χ2n) is 7.25. The van der Waals surface area contributed by atoms with Crippen LogP contribution in [0.5, 0.6) is 0 Å². The Hall–Kier alpha value is -1.68. The number of hydrogen-bond donors (Lipinski definition) is 1. The van der Waals surface area contributed by atoms with Crippen LogP contribution in [0.4, 0.5) is 0 Å². The molecule has 0 bridgehead atoms. The number of hydrogen-bond acceptors (Lipinski definition) is 3. The first kappa shape index (κ1) is 19.6. The third-order valence-corrected chi connectivity index (χ3v) is 5.18. The van der Waals surface area contributed by atoms with Crippen molar-refractivity contribution in [2.75, 3.05) is 19.6 Å². The lowest BCUT2D eigenvalue weighted by Gasteiger charge is -2.15. The minimum Gasteiger partial charge on any atom is -0.481 e. The summed E-state index contributed by atoms with van der Waals surface area (Å²) in [5.74, 6) is -0.512. The number of aliphatic imine (C=N–C) groups is 1. The molecule has 1 aromatic rings. The van der Waals surface area contributed by atoms with Gasteiger partial charge in [0.25, 0.3) is 0 Å². The van der Waals surface area contributed by atoms with Crippen molar-refractivity contribution in [2.24, 2.45) is 16.8 Å². The zero-order valence-electron chi connectivity index (χ0n) is 15.7. The van der Waals surface area contributed by atoms with E-state index in [0.717, 1.165) is 44.6 Å². The number of rotatable bonds is 10. The van der Waals surface area contributed by atoms with Crippen LogP contribution in [0, 0.1) is 11.8 Å². The molecule has 1 aliphatic rings. The van der Waals surface area contributed by atoms with E-state index in [1.165, 1.54) is 18.4 Å². The SMILES string of the molecule is CCCCCC1CN(CCC(C)=NCc2ccccc2)CC1C(=O)O. The molecule has 4 heteroatoms. The van der Waals surface area contributed by atoms with Crippen LogP contribution in [-0.4, -0.2) is 41.3 Å². The van der Waals surface area contributed by atoms with E-state index < -0.39 is 5.97 Å². The second-order valence-corrected chi connectivity index (χ2v) is 7.25. The maximum absolute atomic E-state index is 11.5. The predicted octanol–water partition coefficient (Wildman–Crippen LogP) is 4.25. The minimum absolute atomic E-state index is 0.196. The highest BCUT2D eigenvalue weighted by molar-refractivity contribution is 5.82. The fraction of sp³-hybridized carbons (Fsp3) is 0.619. The molecule has 2 rings (SSSR count). The Morgan fingerprint density at radius 2 is 2.00 bits per heavy atom. The number of carboxylic acid groups (broad SMARTS) is 1. The van der Waals surface area contributed by atoms with Gasteiger partial charge in [-0.25, -0.2) is 0 Å². The fourth-order valence-electron chi connectivity index (χ4n) is 3.58. The largest absolute Gasteiger partial charge is 0.481 e. The van der Waals surface area contributed by atoms with Crippen molar-refractivity contribution in [3.8, 4) is 0 Å². The summed E-state index contributed by atoms with van der Waals surface area (Å²) in [5.41, 5.74) is 2.37. The van der Waals surface area contributed by atoms with Crippen molar-refractivity contribution in [3.63, 3.8) is 0 Å². The quantitative estimate of drug-likeness (QED) is 0.510. The van der Waals surface area contributed by atoms with Crippen LogP contribution >= 0.6 is 0 Å². The highest BCUT2D eigenvalue weighted by atomic mass is 16.4. The number of likely N-dealkylation sites (tertiary alicyclic amines) is 1. The zero-order chi connectivity index (χ0) is 18.1. The van der Waals surface area contributed by atoms with Gasteiger partial charge in [0.15, 0.2) is 0 Å². The number of aliphatic carboxylic acids is 1. The van der Waals surface area contributed by atoms with Crippen LogP contribution in [0.1, 0.15) is 51.5 Å². The van der Waals surface area contributed by atoms with Crippen LogP contribution in [-0.2, 0) is 11.3 Å². The van der Waals surface area contributed by atoms with Crippen molar-refractivity contribution in [2.45, 2.75) is 52.5 Å². The third kappa shape index (κ3) is 6.62. The average Bonchev–Trinajstić information content (AvgIpc) is 3.03. The lowest BCUT2D eigenvalue weighted by atomic mass is 9.91. The van der Waals surface area contributed by atoms with Gasteiger partial charge in [-0.3, -0.25) is 9.79 Å². The number of nitrogens with zero attached hydrogens (tertiary/aromatic N) is 2. The van der Waals surface area contributed by atoms with Gasteiger partial charge in [-0.15, -0.1) is 0 Å². The summed E-state index contributed by atoms with van der Waals surface area (Å²) in [7, 11) is 0. The van der Waals surface area contributed by atoms with E-state index in [2.05, 4.69) is 35.9 Å². The van der Waals surface area contributed by atoms with Crippen molar-refractivity contribution in [1.82, 2.24) is 4.90 Å². The first-order valence-corrected chi connectivity index (χ1v) is 9.59. The van der Waals surface area contributed by atoms with Gasteiger partial charge in [0.2, 0.25) is 0 Å². The molecule has 1 aromatic carbocycles. The lowest BCUT2D eigenvalue weighted by molar-refractivity contribution is -0.142. The summed E-state index contributed by atoms with van der Waals surface area (Å²) in [6, 6.07) is 10.3. The molecule has 0 radical (unpaired) electrons. The van der Waals surface area contributed by atoms with E-state index in [1.54, 1.807) is 0 Å². The lowest BCUT2D eigenvalue weighted by Crippen LogP contribution is -2.25. The average molecular weight is 344 g/mol. The van der Waals surface area contributed by atoms with Gasteiger partial charge in [-0.1, -0.05) is 56.5 Å². The molecule has 1 saturated heterocycles. The Kier molecular flexibility index (Phi) is 8.13. The van der Waals surface area contributed by atoms with Crippen molar-refractivity contribution in [3.05, 3.63) is 35.9 Å². The molecule has 1 aliphatic heterocycles. The van der Waals surface area contributed by atoms with E-state index >= 15 is 0 Å². The van der Waals surface area contributed by atoms with Crippen molar-refractivity contribution >= 4 is 11.7 Å². The van der Waals surface area contributed by atoms with Crippen LogP contribution < -0.4 is 0 Å². The van der Waals surface area contributed by atoms with Crippen LogP contribution in [0.3, 0.4) is 0 Å². The Morgan fingerprint density at radius 3 is 2.68 bits per heavy atom. The highest BCUT2D eigenvalue weighted by Gasteiger charge is 2.36. The molecule has 1 N–H and O–H groups in total. The van der Waals surface area contributed by atoms with Crippen molar-refractivity contribution < 1.29 is 9.90 Å². The molecule has 0 amide bonds. The Bertz CT molecular complexity index is 556. The maximum Gasteiger partial charge on any atom is 0.308 e. The molecule has 0 spiro atoms. The van der Waals surface area contributed by atoms with Crippen LogP contribution in [0.15, 0.2) is 35.3 Å². The normalized spacial score (nSPS) is 21.6. The Morgan fingerprint density at radius 1 is 1.24 bits per heavy atom. The Balaban J connectivity index is 1.78. The monoisotopic (exact) mass is 344 g/mol. The van der Waals surface area contributed by atoms with E-state index in [9.17, 15) is 9.90 Å². The summed E-state index contributed by atoms with van der Waals surface area (Å²) >= 11 is 0. The number of carboxylic acids is 1. The molecule has 25 heavy (non-hydrogen) atoms. The predicted molar refractivity (Wildman–Crippen MR) is 103 cm³/mol. The van der Waals surface area contributed by atoms with E-state index in [4.69, 9.17) is 0 Å². The first-order chi connectivity index (χ1) is 12.1. The van der Waals surface area contributed by atoms with Gasteiger partial charge in [0.05, 0.1) is 12.5 Å². The molecule has 0 aliphatic carbocycles. The molecule has 2 atom stereocenters. The summed E-state index contributed by atoms with van der Waals surface area (Å²) in [5, 5.41) is 9.50. The fourth-order valence-corrected chi connectivity index (χ4v) is 3.58. The standard InChI is InChI=1S/C21H32N2O2/c1-3-4-6-11-19-15-23(16-20(19)21(24)25)13-12-17(2)22-14-18-9-7-5-8-10-18/h5,7-10,19-20H,3-4,6,11-16H2,1-2H3,(H,24,25). The zero-order valence-corrected chi connectivity index (χ0v) is 15.7. The van der Waals surface area contributed by atoms with Gasteiger partial charge in [0.1, 0.15) is 0 Å². The molecule has 4 nitrogen and oxygen atoms in total. The number of unbranched alkanes of at least 4 members (excludes halogenated alkanes) is 2. The molecule has 1 heterocycles. The summed E-state index contributed by atoms with van der Waals surface area (Å²) < 4.78 is 0. The highest BCUT2D eigenvalue weighted by Crippen LogP contribution is 2.28. The topological polar surface area (TPSA) is 52.9 Å². The summed E-state index contributed by atoms with van der Waals surface area (Å²) in [6.45, 7) is 7.52. The summed E-state index contributed by atoms with van der Waals surface area (Å²) in [6.07, 6.45) is 5.50. The molecule has 0 saturated carbocycles.